The van der Waals surface area contributed by atoms with E-state index in [-0.39, 0.29) is 30.6 Å². The number of nitrogens with zero attached hydrogens (tertiary/aromatic N) is 3. The third kappa shape index (κ3) is 3.46. The topological polar surface area (TPSA) is 92.3 Å². The van der Waals surface area contributed by atoms with E-state index in [2.05, 4.69) is 15.5 Å². The molecule has 0 unspecified atom stereocenters. The molecule has 0 bridgehead atoms. The molecule has 0 radical (unpaired) electrons. The summed E-state index contributed by atoms with van der Waals surface area (Å²) < 4.78 is 0.800. The zero-order valence-electron chi connectivity index (χ0n) is 12.8. The molecule has 3 amide bonds. The van der Waals surface area contributed by atoms with Crippen LogP contribution in [-0.2, 0) is 9.59 Å². The summed E-state index contributed by atoms with van der Waals surface area (Å²) in [5, 5.41) is 11.0. The van der Waals surface area contributed by atoms with Crippen molar-refractivity contribution in [3.8, 4) is 0 Å². The lowest BCUT2D eigenvalue weighted by atomic mass is 10.2. The van der Waals surface area contributed by atoms with Gasteiger partial charge in [-0.3, -0.25) is 24.6 Å². The molecule has 1 aliphatic rings. The van der Waals surface area contributed by atoms with Crippen LogP contribution in [0.5, 0.6) is 0 Å². The van der Waals surface area contributed by atoms with Gasteiger partial charge in [-0.05, 0) is 30.0 Å². The summed E-state index contributed by atoms with van der Waals surface area (Å²) >= 11 is 2.88. The van der Waals surface area contributed by atoms with E-state index in [1.165, 1.54) is 11.3 Å². The van der Waals surface area contributed by atoms with Gasteiger partial charge in [0.25, 0.3) is 5.91 Å². The van der Waals surface area contributed by atoms with Gasteiger partial charge < -0.3 is 0 Å². The largest absolute Gasteiger partial charge is 0.296 e. The van der Waals surface area contributed by atoms with Gasteiger partial charge in [-0.15, -0.1) is 10.2 Å². The summed E-state index contributed by atoms with van der Waals surface area (Å²) in [6.45, 7) is 2.02. The van der Waals surface area contributed by atoms with Crippen LogP contribution in [0.3, 0.4) is 0 Å². The van der Waals surface area contributed by atoms with Crippen LogP contribution >= 0.6 is 23.1 Å². The van der Waals surface area contributed by atoms with Crippen LogP contribution in [0.1, 0.15) is 30.1 Å². The first-order chi connectivity index (χ1) is 11.6. The molecule has 24 heavy (non-hydrogen) atoms. The van der Waals surface area contributed by atoms with Crippen LogP contribution < -0.4 is 10.2 Å². The van der Waals surface area contributed by atoms with Crippen molar-refractivity contribution in [3.05, 3.63) is 29.8 Å². The number of rotatable bonds is 5. The Hall–Kier alpha value is -2.26. The average molecular weight is 362 g/mol. The fraction of sp³-hybridized carbons (Fsp3) is 0.267. The smallest absolute Gasteiger partial charge is 0.257 e. The highest BCUT2D eigenvalue weighted by Crippen LogP contribution is 2.26. The number of aromatic nitrogens is 2. The Kier molecular flexibility index (Phi) is 4.91. The molecule has 0 aliphatic carbocycles. The van der Waals surface area contributed by atoms with Gasteiger partial charge in [0, 0.05) is 18.4 Å². The summed E-state index contributed by atoms with van der Waals surface area (Å²) in [5.74, 6) is 0.140. The molecule has 0 atom stereocenters. The predicted octanol–water partition coefficient (Wildman–Crippen LogP) is 2.56. The van der Waals surface area contributed by atoms with Crippen molar-refractivity contribution in [2.24, 2.45) is 0 Å². The number of nitrogens with one attached hydrogen (secondary N) is 1. The molecule has 2 aromatic rings. The van der Waals surface area contributed by atoms with Crippen LogP contribution in [0, 0.1) is 0 Å². The maximum Gasteiger partial charge on any atom is 0.257 e. The molecule has 1 aromatic carbocycles. The van der Waals surface area contributed by atoms with Crippen molar-refractivity contribution in [1.29, 1.82) is 0 Å². The van der Waals surface area contributed by atoms with Crippen LogP contribution in [0.15, 0.2) is 28.6 Å². The first-order valence-corrected chi connectivity index (χ1v) is 9.12. The molecule has 124 valence electrons. The molecule has 1 aliphatic heterocycles. The van der Waals surface area contributed by atoms with E-state index < -0.39 is 0 Å². The number of anilines is 2. The van der Waals surface area contributed by atoms with Gasteiger partial charge in [0.15, 0.2) is 4.34 Å². The SMILES string of the molecule is CCSc1nnc(NC(=O)c2ccc(N3C(=O)CCC3=O)cc2)s1. The van der Waals surface area contributed by atoms with E-state index in [1.54, 1.807) is 36.0 Å². The van der Waals surface area contributed by atoms with Gasteiger partial charge in [-0.2, -0.15) is 0 Å². The fourth-order valence-corrected chi connectivity index (χ4v) is 3.88. The molecule has 2 heterocycles. The number of carbonyl (C=O) groups is 3. The Morgan fingerprint density at radius 2 is 1.88 bits per heavy atom. The van der Waals surface area contributed by atoms with E-state index in [4.69, 9.17) is 0 Å². The van der Waals surface area contributed by atoms with E-state index in [9.17, 15) is 14.4 Å². The Labute approximate surface area is 146 Å². The molecule has 9 heteroatoms. The van der Waals surface area contributed by atoms with Crippen LogP contribution in [-0.4, -0.2) is 33.7 Å². The highest BCUT2D eigenvalue weighted by Gasteiger charge is 2.30. The Bertz CT molecular complexity index is 772. The van der Waals surface area contributed by atoms with E-state index >= 15 is 0 Å². The third-order valence-electron chi connectivity index (χ3n) is 3.33. The summed E-state index contributed by atoms with van der Waals surface area (Å²) in [4.78, 5) is 36.8. The number of benzene rings is 1. The summed E-state index contributed by atoms with van der Waals surface area (Å²) in [6, 6.07) is 6.33. The van der Waals surface area contributed by atoms with Crippen LogP contribution in [0.25, 0.3) is 0 Å². The molecule has 1 fully saturated rings. The van der Waals surface area contributed by atoms with Crippen LogP contribution in [0.2, 0.25) is 0 Å². The standard InChI is InChI=1S/C15H14N4O3S2/c1-2-23-15-18-17-14(24-15)16-13(22)9-3-5-10(6-4-9)19-11(20)7-8-12(19)21/h3-6H,2,7-8H2,1H3,(H,16,17,22). The minimum atomic E-state index is -0.315. The van der Waals surface area contributed by atoms with Crippen LogP contribution in [0.4, 0.5) is 10.8 Å². The quantitative estimate of drug-likeness (QED) is 0.499. The molecular weight excluding hydrogens is 348 g/mol. The normalized spacial score (nSPS) is 14.3. The fourth-order valence-electron chi connectivity index (χ4n) is 2.24. The van der Waals surface area contributed by atoms with Crippen molar-refractivity contribution >= 4 is 51.6 Å². The van der Waals surface area contributed by atoms with E-state index in [0.717, 1.165) is 15.0 Å². The second-order valence-corrected chi connectivity index (χ2v) is 7.42. The minimum Gasteiger partial charge on any atom is -0.296 e. The van der Waals surface area contributed by atoms with Crippen molar-refractivity contribution < 1.29 is 14.4 Å². The van der Waals surface area contributed by atoms with Crippen molar-refractivity contribution in [2.45, 2.75) is 24.1 Å². The molecular formula is C15H14N4O3S2. The predicted molar refractivity (Wildman–Crippen MR) is 92.4 cm³/mol. The van der Waals surface area contributed by atoms with Crippen molar-refractivity contribution in [1.82, 2.24) is 10.2 Å². The Morgan fingerprint density at radius 1 is 1.21 bits per heavy atom. The molecule has 1 saturated heterocycles. The molecule has 3 rings (SSSR count). The lowest BCUT2D eigenvalue weighted by molar-refractivity contribution is -0.121. The number of thioether (sulfide) groups is 1. The molecule has 0 saturated carbocycles. The Morgan fingerprint density at radius 3 is 2.50 bits per heavy atom. The number of imide groups is 1. The average Bonchev–Trinajstić information content (AvgIpc) is 3.14. The zero-order chi connectivity index (χ0) is 17.1. The maximum absolute atomic E-state index is 12.2. The van der Waals surface area contributed by atoms with Crippen molar-refractivity contribution in [2.75, 3.05) is 16.0 Å². The maximum atomic E-state index is 12.2. The number of amides is 3. The number of carbonyl (C=O) groups excluding carboxylic acids is 3. The van der Waals surface area contributed by atoms with Gasteiger partial charge in [-0.1, -0.05) is 30.0 Å². The first kappa shape index (κ1) is 16.6. The highest BCUT2D eigenvalue weighted by molar-refractivity contribution is 8.01. The van der Waals surface area contributed by atoms with Gasteiger partial charge >= 0.3 is 0 Å². The van der Waals surface area contributed by atoms with Gasteiger partial charge in [0.1, 0.15) is 0 Å². The minimum absolute atomic E-state index is 0.216. The lowest BCUT2D eigenvalue weighted by Crippen LogP contribution is -2.28. The summed E-state index contributed by atoms with van der Waals surface area (Å²) in [7, 11) is 0. The molecule has 0 spiro atoms. The zero-order valence-corrected chi connectivity index (χ0v) is 14.4. The van der Waals surface area contributed by atoms with Crippen molar-refractivity contribution in [3.63, 3.8) is 0 Å². The third-order valence-corrected chi connectivity index (χ3v) is 5.19. The summed E-state index contributed by atoms with van der Waals surface area (Å²) in [6.07, 6.45) is 0.465. The highest BCUT2D eigenvalue weighted by atomic mass is 32.2. The van der Waals surface area contributed by atoms with Gasteiger partial charge in [-0.25, -0.2) is 0 Å². The van der Waals surface area contributed by atoms with E-state index in [0.29, 0.717) is 16.4 Å². The Balaban J connectivity index is 1.69. The first-order valence-electron chi connectivity index (χ1n) is 7.32. The monoisotopic (exact) mass is 362 g/mol. The summed E-state index contributed by atoms with van der Waals surface area (Å²) in [5.41, 5.74) is 0.898. The van der Waals surface area contributed by atoms with Gasteiger partial charge in [0.05, 0.1) is 5.69 Å². The number of hydrogen-bond acceptors (Lipinski definition) is 7. The second kappa shape index (κ2) is 7.10. The van der Waals surface area contributed by atoms with E-state index in [1.807, 2.05) is 6.92 Å². The number of hydrogen-bond donors (Lipinski definition) is 1. The molecule has 7 nitrogen and oxygen atoms in total. The van der Waals surface area contributed by atoms with Gasteiger partial charge in [0.2, 0.25) is 16.9 Å². The molecule has 1 N–H and O–H groups in total. The second-order valence-electron chi connectivity index (χ2n) is 4.93. The molecule has 1 aromatic heterocycles. The lowest BCUT2D eigenvalue weighted by Gasteiger charge is -2.13.